The maximum Gasteiger partial charge on any atom is 0.167 e. The van der Waals surface area contributed by atoms with E-state index >= 15 is 0 Å². The number of rotatable bonds is 3. The Morgan fingerprint density at radius 1 is 1.26 bits per heavy atom. The van der Waals surface area contributed by atoms with E-state index < -0.39 is 0 Å². The Hall–Kier alpha value is -2.15. The quantitative estimate of drug-likeness (QED) is 0.728. The van der Waals surface area contributed by atoms with Gasteiger partial charge in [0.25, 0.3) is 0 Å². The summed E-state index contributed by atoms with van der Waals surface area (Å²) in [5.74, 6) is 0.238. The van der Waals surface area contributed by atoms with Gasteiger partial charge in [0.15, 0.2) is 5.78 Å². The minimum atomic E-state index is 0.238. The first-order chi connectivity index (χ1) is 9.31. The van der Waals surface area contributed by atoms with Crippen molar-refractivity contribution in [2.45, 2.75) is 19.3 Å². The highest BCUT2D eigenvalue weighted by molar-refractivity contribution is 6.08. The number of carbonyl (C=O) groups excluding carboxylic acids is 1. The lowest BCUT2D eigenvalue weighted by Gasteiger charge is -2.17. The van der Waals surface area contributed by atoms with Crippen molar-refractivity contribution in [3.63, 3.8) is 0 Å². The van der Waals surface area contributed by atoms with Crippen LogP contribution >= 0.6 is 0 Å². The van der Waals surface area contributed by atoms with Crippen LogP contribution in [-0.2, 0) is 6.42 Å². The molecule has 0 radical (unpaired) electrons. The Labute approximate surface area is 113 Å². The van der Waals surface area contributed by atoms with E-state index in [0.717, 1.165) is 24.0 Å². The van der Waals surface area contributed by atoms with Crippen LogP contribution in [0.15, 0.2) is 49.1 Å². The summed E-state index contributed by atoms with van der Waals surface area (Å²) in [7, 11) is 0. The van der Waals surface area contributed by atoms with E-state index in [1.165, 1.54) is 16.3 Å². The van der Waals surface area contributed by atoms with Gasteiger partial charge in [-0.25, -0.2) is 0 Å². The average Bonchev–Trinajstić information content (AvgIpc) is 2.44. The lowest BCUT2D eigenvalue weighted by Crippen LogP contribution is -2.09. The third kappa shape index (κ3) is 2.01. The number of hydrogen-bond donors (Lipinski definition) is 0. The number of hydrogen-bond acceptors (Lipinski definition) is 1. The molecule has 1 aliphatic carbocycles. The molecule has 0 fully saturated rings. The molecule has 0 heterocycles. The molecule has 2 aromatic carbocycles. The zero-order chi connectivity index (χ0) is 13.2. The van der Waals surface area contributed by atoms with Gasteiger partial charge in [0, 0.05) is 12.0 Å². The van der Waals surface area contributed by atoms with Crippen LogP contribution in [0.2, 0.25) is 0 Å². The molecule has 3 rings (SSSR count). The number of benzene rings is 2. The Kier molecular flexibility index (Phi) is 3.04. The summed E-state index contributed by atoms with van der Waals surface area (Å²) >= 11 is 0. The monoisotopic (exact) mass is 248 g/mol. The van der Waals surface area contributed by atoms with Gasteiger partial charge in [0.1, 0.15) is 0 Å². The molecule has 0 bridgehead atoms. The summed E-state index contributed by atoms with van der Waals surface area (Å²) in [5, 5.41) is 2.41. The highest BCUT2D eigenvalue weighted by atomic mass is 16.1. The van der Waals surface area contributed by atoms with Gasteiger partial charge in [-0.15, -0.1) is 6.58 Å². The predicted molar refractivity (Wildman–Crippen MR) is 80.4 cm³/mol. The molecule has 2 aromatic rings. The second-order valence-electron chi connectivity index (χ2n) is 4.90. The molecule has 0 saturated carbocycles. The van der Waals surface area contributed by atoms with Gasteiger partial charge in [-0.05, 0) is 40.8 Å². The van der Waals surface area contributed by atoms with Crippen molar-refractivity contribution in [3.05, 3.63) is 65.8 Å². The van der Waals surface area contributed by atoms with Crippen LogP contribution in [0.1, 0.15) is 34.3 Å². The van der Waals surface area contributed by atoms with E-state index in [2.05, 4.69) is 30.9 Å². The molecule has 0 amide bonds. The minimum Gasteiger partial charge on any atom is -0.294 e. The smallest absolute Gasteiger partial charge is 0.167 e. The van der Waals surface area contributed by atoms with Crippen LogP contribution in [0.4, 0.5) is 0 Å². The van der Waals surface area contributed by atoms with E-state index in [1.54, 1.807) is 0 Å². The van der Waals surface area contributed by atoms with Crippen LogP contribution in [0.5, 0.6) is 0 Å². The van der Waals surface area contributed by atoms with Crippen LogP contribution < -0.4 is 0 Å². The van der Waals surface area contributed by atoms with Gasteiger partial charge in [-0.2, -0.15) is 0 Å². The number of aryl methyl sites for hydroxylation is 1. The average molecular weight is 248 g/mol. The summed E-state index contributed by atoms with van der Waals surface area (Å²) in [6.07, 6.45) is 8.24. The normalized spacial score (nSPS) is 13.6. The fourth-order valence-electron chi connectivity index (χ4n) is 2.81. The summed E-state index contributed by atoms with van der Waals surface area (Å²) < 4.78 is 0. The van der Waals surface area contributed by atoms with Crippen molar-refractivity contribution in [3.8, 4) is 0 Å². The molecule has 0 spiro atoms. The van der Waals surface area contributed by atoms with Gasteiger partial charge in [0.2, 0.25) is 0 Å². The van der Waals surface area contributed by atoms with Gasteiger partial charge in [-0.1, -0.05) is 42.5 Å². The third-order valence-electron chi connectivity index (χ3n) is 3.67. The largest absolute Gasteiger partial charge is 0.294 e. The summed E-state index contributed by atoms with van der Waals surface area (Å²) in [5.41, 5.74) is 3.17. The molecular weight excluding hydrogens is 232 g/mol. The Balaban J connectivity index is 2.32. The maximum atomic E-state index is 12.2. The van der Waals surface area contributed by atoms with Gasteiger partial charge < -0.3 is 0 Å². The molecule has 0 saturated heterocycles. The highest BCUT2D eigenvalue weighted by Crippen LogP contribution is 2.31. The first-order valence-electron chi connectivity index (χ1n) is 6.66. The first-order valence-corrected chi connectivity index (χ1v) is 6.66. The number of ketones is 1. The van der Waals surface area contributed by atoms with Crippen LogP contribution in [0.25, 0.3) is 16.8 Å². The maximum absolute atomic E-state index is 12.2. The number of fused-ring (bicyclic) bond motifs is 2. The summed E-state index contributed by atoms with van der Waals surface area (Å²) in [4.78, 5) is 12.2. The molecule has 1 nitrogen and oxygen atoms in total. The lowest BCUT2D eigenvalue weighted by molar-refractivity contribution is 0.0994. The molecule has 0 N–H and O–H groups in total. The summed E-state index contributed by atoms with van der Waals surface area (Å²) in [6, 6.07) is 10.4. The molecule has 0 atom stereocenters. The highest BCUT2D eigenvalue weighted by Gasteiger charge is 2.19. The number of allylic oxidation sites excluding steroid dienone is 2. The zero-order valence-electron chi connectivity index (χ0n) is 10.9. The lowest BCUT2D eigenvalue weighted by atomic mass is 9.86. The number of carbonyl (C=O) groups is 1. The first kappa shape index (κ1) is 11.9. The number of Topliss-reactive ketones (excluding diaryl/α,β-unsaturated/α-hetero) is 1. The van der Waals surface area contributed by atoms with Crippen LogP contribution in [0, 0.1) is 0 Å². The van der Waals surface area contributed by atoms with Crippen molar-refractivity contribution in [1.29, 1.82) is 0 Å². The van der Waals surface area contributed by atoms with Crippen molar-refractivity contribution in [2.75, 3.05) is 0 Å². The van der Waals surface area contributed by atoms with E-state index in [1.807, 2.05) is 24.3 Å². The van der Waals surface area contributed by atoms with Crippen molar-refractivity contribution >= 4 is 22.6 Å². The van der Waals surface area contributed by atoms with Gasteiger partial charge >= 0.3 is 0 Å². The molecule has 19 heavy (non-hydrogen) atoms. The topological polar surface area (TPSA) is 17.1 Å². The third-order valence-corrected chi connectivity index (χ3v) is 3.67. The second-order valence-corrected chi connectivity index (χ2v) is 4.90. The molecule has 0 unspecified atom stereocenters. The molecule has 0 aliphatic heterocycles. The van der Waals surface area contributed by atoms with E-state index in [-0.39, 0.29) is 5.78 Å². The second kappa shape index (κ2) is 4.85. The van der Waals surface area contributed by atoms with E-state index in [4.69, 9.17) is 0 Å². The minimum absolute atomic E-state index is 0.238. The van der Waals surface area contributed by atoms with Gasteiger partial charge in [-0.3, -0.25) is 4.79 Å². The predicted octanol–water partition coefficient (Wildman–Crippen LogP) is 4.56. The fourth-order valence-corrected chi connectivity index (χ4v) is 2.81. The fraction of sp³-hybridized carbons (Fsp3) is 0.167. The molecule has 1 heteroatoms. The van der Waals surface area contributed by atoms with Crippen molar-refractivity contribution < 1.29 is 4.79 Å². The molecule has 94 valence electrons. The van der Waals surface area contributed by atoms with E-state index in [9.17, 15) is 4.79 Å². The van der Waals surface area contributed by atoms with E-state index in [0.29, 0.717) is 6.42 Å². The van der Waals surface area contributed by atoms with Crippen molar-refractivity contribution in [1.82, 2.24) is 0 Å². The zero-order valence-corrected chi connectivity index (χ0v) is 10.9. The SMILES string of the molecule is C=CCCc1c2c(cc3ccccc13)C=CCC2=O. The Bertz CT molecular complexity index is 692. The van der Waals surface area contributed by atoms with Crippen LogP contribution in [-0.4, -0.2) is 5.78 Å². The molecule has 0 aromatic heterocycles. The molecule has 1 aliphatic rings. The van der Waals surface area contributed by atoms with Gasteiger partial charge in [0.05, 0.1) is 0 Å². The molecular formula is C18H16O. The summed E-state index contributed by atoms with van der Waals surface area (Å²) in [6.45, 7) is 3.79. The Morgan fingerprint density at radius 3 is 2.95 bits per heavy atom. The van der Waals surface area contributed by atoms with Crippen LogP contribution in [0.3, 0.4) is 0 Å². The standard InChI is InChI=1S/C18H16O/c1-2-3-9-16-15-10-5-4-7-13(15)12-14-8-6-11-17(19)18(14)16/h2,4-8,10,12H,1,3,9,11H2. The Morgan fingerprint density at radius 2 is 2.11 bits per heavy atom. The van der Waals surface area contributed by atoms with Crippen molar-refractivity contribution in [2.24, 2.45) is 0 Å².